The van der Waals surface area contributed by atoms with Crippen molar-refractivity contribution in [2.45, 2.75) is 52.5 Å². The van der Waals surface area contributed by atoms with Crippen LogP contribution in [-0.4, -0.2) is 68.2 Å². The van der Waals surface area contributed by atoms with E-state index in [4.69, 9.17) is 19.2 Å². The van der Waals surface area contributed by atoms with Crippen molar-refractivity contribution in [1.82, 2.24) is 10.2 Å². The minimum Gasteiger partial charge on any atom is -0.494 e. The monoisotopic (exact) mass is 483 g/mol. The van der Waals surface area contributed by atoms with Crippen molar-refractivity contribution in [1.29, 1.82) is 0 Å². The fourth-order valence-electron chi connectivity index (χ4n) is 4.70. The van der Waals surface area contributed by atoms with E-state index in [1.807, 2.05) is 19.1 Å². The highest BCUT2D eigenvalue weighted by atomic mass is 16.5. The lowest BCUT2D eigenvalue weighted by Crippen LogP contribution is -2.40. The predicted molar refractivity (Wildman–Crippen MR) is 134 cm³/mol. The average Bonchev–Trinajstić information content (AvgIpc) is 3.26. The summed E-state index contributed by atoms with van der Waals surface area (Å²) in [5, 5.41) is 2.75. The Kier molecular flexibility index (Phi) is 8.44. The maximum absolute atomic E-state index is 12.5. The number of nitrogens with zero attached hydrogens (tertiary/aromatic N) is 2. The summed E-state index contributed by atoms with van der Waals surface area (Å²) in [4.78, 5) is 31.2. The van der Waals surface area contributed by atoms with Crippen LogP contribution in [0.2, 0.25) is 0 Å². The molecular formula is C27H37N3O5. The lowest BCUT2D eigenvalue weighted by molar-refractivity contribution is -0.119. The number of amidine groups is 1. The van der Waals surface area contributed by atoms with Gasteiger partial charge >= 0.3 is 0 Å². The highest BCUT2D eigenvalue weighted by Gasteiger charge is 2.28. The quantitative estimate of drug-likeness (QED) is 0.570. The molecule has 0 bridgehead atoms. The lowest BCUT2D eigenvalue weighted by Gasteiger charge is -2.34. The summed E-state index contributed by atoms with van der Waals surface area (Å²) in [5.74, 6) is 1.52. The number of ether oxygens (including phenoxy) is 3. The Labute approximate surface area is 207 Å². The van der Waals surface area contributed by atoms with E-state index in [1.54, 1.807) is 6.07 Å². The van der Waals surface area contributed by atoms with E-state index in [1.165, 1.54) is 0 Å². The number of aliphatic imine (C=N–C) groups is 1. The van der Waals surface area contributed by atoms with Crippen molar-refractivity contribution in [3.8, 4) is 5.75 Å². The number of ketones is 1. The number of likely N-dealkylation sites (tertiary alicyclic amines) is 1. The second-order valence-electron chi connectivity index (χ2n) is 9.89. The minimum absolute atomic E-state index is 0.0657. The summed E-state index contributed by atoms with van der Waals surface area (Å²) < 4.78 is 16.8. The van der Waals surface area contributed by atoms with Gasteiger partial charge in [0.2, 0.25) is 0 Å². The zero-order chi connectivity index (χ0) is 24.8. The van der Waals surface area contributed by atoms with Crippen molar-refractivity contribution in [3.63, 3.8) is 0 Å². The molecule has 3 aliphatic heterocycles. The maximum Gasteiger partial charge on any atom is 0.292 e. The first-order valence-electron chi connectivity index (χ1n) is 12.7. The molecule has 4 rings (SSSR count). The number of allylic oxidation sites excluding steroid dienone is 1. The van der Waals surface area contributed by atoms with Crippen molar-refractivity contribution >= 4 is 17.7 Å². The molecule has 0 aromatic heterocycles. The number of hydrogen-bond donors (Lipinski definition) is 1. The standard InChI is InChI=1S/C27H37N3O5/c1-18(2)23-10-14-35-27(29-23)30-11-8-20(9-12-30)5-4-13-34-21-6-7-22(19(3)15-21)26(32)28-24-16-33-17-25(24)31/h6-7,10,15,18,20,24H,4-5,8-9,11-14,16-17H2,1-3H3,(H,28,32). The number of amides is 1. The van der Waals surface area contributed by atoms with Gasteiger partial charge in [-0.15, -0.1) is 0 Å². The van der Waals surface area contributed by atoms with E-state index in [2.05, 4.69) is 30.1 Å². The summed E-state index contributed by atoms with van der Waals surface area (Å²) in [6.07, 6.45) is 6.47. The van der Waals surface area contributed by atoms with Gasteiger partial charge in [-0.25, -0.2) is 4.99 Å². The molecule has 3 heterocycles. The smallest absolute Gasteiger partial charge is 0.292 e. The molecule has 2 saturated heterocycles. The van der Waals surface area contributed by atoms with Gasteiger partial charge in [0.05, 0.1) is 13.2 Å². The normalized spacial score (nSPS) is 21.0. The largest absolute Gasteiger partial charge is 0.494 e. The number of rotatable bonds is 8. The molecule has 1 atom stereocenters. The molecule has 1 aromatic carbocycles. The van der Waals surface area contributed by atoms with E-state index in [0.29, 0.717) is 30.6 Å². The van der Waals surface area contributed by atoms with Gasteiger partial charge < -0.3 is 24.4 Å². The van der Waals surface area contributed by atoms with Gasteiger partial charge in [-0.2, -0.15) is 0 Å². The SMILES string of the molecule is Cc1cc(OCCCC2CCN(C3=NC(C(C)C)=CCO3)CC2)ccc1C(=O)NC1COCC1=O. The summed E-state index contributed by atoms with van der Waals surface area (Å²) in [5.41, 5.74) is 2.49. The van der Waals surface area contributed by atoms with Crippen LogP contribution in [0.3, 0.4) is 0 Å². The van der Waals surface area contributed by atoms with Crippen molar-refractivity contribution in [2.75, 3.05) is 39.5 Å². The second-order valence-corrected chi connectivity index (χ2v) is 9.89. The summed E-state index contributed by atoms with van der Waals surface area (Å²) in [7, 11) is 0. The highest BCUT2D eigenvalue weighted by Crippen LogP contribution is 2.25. The summed E-state index contributed by atoms with van der Waals surface area (Å²) in [6.45, 7) is 9.74. The van der Waals surface area contributed by atoms with E-state index in [0.717, 1.165) is 61.8 Å². The number of carbonyl (C=O) groups is 2. The van der Waals surface area contributed by atoms with Crippen LogP contribution in [0.5, 0.6) is 5.75 Å². The Morgan fingerprint density at radius 3 is 2.77 bits per heavy atom. The van der Waals surface area contributed by atoms with Gasteiger partial charge in [-0.1, -0.05) is 13.8 Å². The topological polar surface area (TPSA) is 89.5 Å². The molecule has 2 fully saturated rings. The molecule has 3 aliphatic rings. The average molecular weight is 484 g/mol. The van der Waals surface area contributed by atoms with Gasteiger partial charge in [0, 0.05) is 24.4 Å². The Morgan fingerprint density at radius 2 is 2.09 bits per heavy atom. The van der Waals surface area contributed by atoms with Gasteiger partial charge in [0.1, 0.15) is 25.0 Å². The Morgan fingerprint density at radius 1 is 1.29 bits per heavy atom. The third kappa shape index (κ3) is 6.63. The van der Waals surface area contributed by atoms with E-state index in [-0.39, 0.29) is 24.9 Å². The molecule has 190 valence electrons. The number of aryl methyl sites for hydroxylation is 1. The van der Waals surface area contributed by atoms with Gasteiger partial charge in [-0.05, 0) is 74.3 Å². The Bertz CT molecular complexity index is 979. The van der Waals surface area contributed by atoms with Crippen molar-refractivity contribution < 1.29 is 23.8 Å². The van der Waals surface area contributed by atoms with Crippen LogP contribution in [0.15, 0.2) is 35.0 Å². The van der Waals surface area contributed by atoms with Crippen LogP contribution < -0.4 is 10.1 Å². The number of nitrogens with one attached hydrogen (secondary N) is 1. The molecule has 8 nitrogen and oxygen atoms in total. The van der Waals surface area contributed by atoms with Crippen LogP contribution >= 0.6 is 0 Å². The number of benzene rings is 1. The van der Waals surface area contributed by atoms with Crippen LogP contribution in [-0.2, 0) is 14.3 Å². The summed E-state index contributed by atoms with van der Waals surface area (Å²) >= 11 is 0. The number of Topliss-reactive ketones (excluding diaryl/α,β-unsaturated/α-hetero) is 1. The fourth-order valence-corrected chi connectivity index (χ4v) is 4.70. The number of carbonyl (C=O) groups excluding carboxylic acids is 2. The molecule has 1 amide bonds. The fraction of sp³-hybridized carbons (Fsp3) is 0.593. The molecule has 0 saturated carbocycles. The third-order valence-corrected chi connectivity index (χ3v) is 6.90. The highest BCUT2D eigenvalue weighted by molar-refractivity contribution is 5.99. The van der Waals surface area contributed by atoms with Crippen LogP contribution in [0.4, 0.5) is 0 Å². The first-order valence-corrected chi connectivity index (χ1v) is 12.7. The first-order chi connectivity index (χ1) is 16.9. The van der Waals surface area contributed by atoms with E-state index < -0.39 is 6.04 Å². The number of hydrogen-bond acceptors (Lipinski definition) is 7. The second kappa shape index (κ2) is 11.7. The van der Waals surface area contributed by atoms with Gasteiger partial charge in [0.15, 0.2) is 5.78 Å². The van der Waals surface area contributed by atoms with Gasteiger partial charge in [-0.3, -0.25) is 9.59 Å². The summed E-state index contributed by atoms with van der Waals surface area (Å²) in [6, 6.07) is 5.69. The minimum atomic E-state index is -0.553. The predicted octanol–water partition coefficient (Wildman–Crippen LogP) is 3.49. The zero-order valence-corrected chi connectivity index (χ0v) is 21.0. The van der Waals surface area contributed by atoms with Gasteiger partial charge in [0.25, 0.3) is 11.9 Å². The molecule has 1 aromatic rings. The van der Waals surface area contributed by atoms with Crippen LogP contribution in [0, 0.1) is 18.8 Å². The van der Waals surface area contributed by atoms with Crippen molar-refractivity contribution in [3.05, 3.63) is 41.1 Å². The van der Waals surface area contributed by atoms with Crippen LogP contribution in [0.1, 0.15) is 55.5 Å². The van der Waals surface area contributed by atoms with E-state index >= 15 is 0 Å². The molecule has 35 heavy (non-hydrogen) atoms. The molecule has 0 radical (unpaired) electrons. The molecule has 1 unspecified atom stereocenters. The Hall–Kier alpha value is -2.87. The van der Waals surface area contributed by atoms with Crippen LogP contribution in [0.25, 0.3) is 0 Å². The molecule has 1 N–H and O–H groups in total. The maximum atomic E-state index is 12.5. The Balaban J connectivity index is 1.17. The lowest BCUT2D eigenvalue weighted by atomic mass is 9.92. The third-order valence-electron chi connectivity index (χ3n) is 6.90. The molecule has 0 spiro atoms. The number of piperidine rings is 1. The molecular weight excluding hydrogens is 446 g/mol. The van der Waals surface area contributed by atoms with E-state index in [9.17, 15) is 9.59 Å². The zero-order valence-electron chi connectivity index (χ0n) is 21.0. The molecule has 0 aliphatic carbocycles. The molecule has 8 heteroatoms. The van der Waals surface area contributed by atoms with Crippen molar-refractivity contribution in [2.24, 2.45) is 16.8 Å². The first kappa shape index (κ1) is 25.2.